The smallest absolute Gasteiger partial charge is 0.0666 e. The summed E-state index contributed by atoms with van der Waals surface area (Å²) in [4.78, 5) is 0. The number of aryl methyl sites for hydroxylation is 1. The zero-order valence-electron chi connectivity index (χ0n) is 10.4. The summed E-state index contributed by atoms with van der Waals surface area (Å²) >= 11 is 2.36. The van der Waals surface area contributed by atoms with Gasteiger partial charge in [0.25, 0.3) is 0 Å². The third kappa shape index (κ3) is 3.94. The van der Waals surface area contributed by atoms with E-state index in [9.17, 15) is 0 Å². The summed E-state index contributed by atoms with van der Waals surface area (Å²) in [6.45, 7) is 7.27. The zero-order chi connectivity index (χ0) is 12.1. The molecule has 0 amide bonds. The van der Waals surface area contributed by atoms with Crippen molar-refractivity contribution in [3.05, 3.63) is 27.3 Å². The first-order valence-electron chi connectivity index (χ1n) is 5.56. The predicted octanol–water partition coefficient (Wildman–Crippen LogP) is 3.68. The second-order valence-corrected chi connectivity index (χ2v) is 5.58. The van der Waals surface area contributed by atoms with Gasteiger partial charge in [0.1, 0.15) is 0 Å². The number of anilines is 1. The van der Waals surface area contributed by atoms with Gasteiger partial charge in [-0.15, -0.1) is 0 Å². The van der Waals surface area contributed by atoms with E-state index in [4.69, 9.17) is 4.74 Å². The van der Waals surface area contributed by atoms with Gasteiger partial charge in [-0.2, -0.15) is 0 Å². The van der Waals surface area contributed by atoms with Gasteiger partial charge < -0.3 is 10.1 Å². The van der Waals surface area contributed by atoms with Crippen molar-refractivity contribution in [1.82, 2.24) is 0 Å². The Bertz CT molecular complexity index is 339. The monoisotopic (exact) mass is 333 g/mol. The van der Waals surface area contributed by atoms with Gasteiger partial charge in [-0.3, -0.25) is 0 Å². The molecule has 1 atom stereocenters. The average Bonchev–Trinajstić information content (AvgIpc) is 2.22. The molecule has 0 aliphatic carbocycles. The van der Waals surface area contributed by atoms with Crippen LogP contribution in [0.5, 0.6) is 0 Å². The standard InChI is InChI=1S/C13H20INO/c1-9(2)13(8-16-4)15-11-6-5-10(3)12(14)7-11/h5-7,9,13,15H,8H2,1-4H3. The molecule has 0 aliphatic rings. The van der Waals surface area contributed by atoms with Gasteiger partial charge >= 0.3 is 0 Å². The van der Waals surface area contributed by atoms with Crippen molar-refractivity contribution in [3.8, 4) is 0 Å². The molecular formula is C13H20INO. The fourth-order valence-electron chi connectivity index (χ4n) is 1.48. The Labute approximate surface area is 112 Å². The van der Waals surface area contributed by atoms with Crippen LogP contribution in [-0.2, 0) is 4.74 Å². The molecule has 1 N–H and O–H groups in total. The van der Waals surface area contributed by atoms with Crippen molar-refractivity contribution < 1.29 is 4.74 Å². The van der Waals surface area contributed by atoms with Crippen LogP contribution in [0, 0.1) is 16.4 Å². The lowest BCUT2D eigenvalue weighted by atomic mass is 10.0. The van der Waals surface area contributed by atoms with E-state index in [1.54, 1.807) is 7.11 Å². The van der Waals surface area contributed by atoms with Crippen molar-refractivity contribution >= 4 is 28.3 Å². The Morgan fingerprint density at radius 3 is 2.56 bits per heavy atom. The normalized spacial score (nSPS) is 12.9. The maximum atomic E-state index is 5.23. The molecule has 3 heteroatoms. The SMILES string of the molecule is COCC(Nc1ccc(C)c(I)c1)C(C)C. The topological polar surface area (TPSA) is 21.3 Å². The Morgan fingerprint density at radius 1 is 1.38 bits per heavy atom. The summed E-state index contributed by atoms with van der Waals surface area (Å²) in [5, 5.41) is 3.52. The molecule has 1 aromatic carbocycles. The van der Waals surface area contributed by atoms with Gasteiger partial charge in [0.2, 0.25) is 0 Å². The fraction of sp³-hybridized carbons (Fsp3) is 0.538. The second kappa shape index (κ2) is 6.45. The van der Waals surface area contributed by atoms with Crippen LogP contribution in [0.15, 0.2) is 18.2 Å². The molecule has 1 aromatic rings. The molecule has 1 unspecified atom stereocenters. The predicted molar refractivity (Wildman–Crippen MR) is 78.0 cm³/mol. The second-order valence-electron chi connectivity index (χ2n) is 4.41. The van der Waals surface area contributed by atoms with E-state index < -0.39 is 0 Å². The van der Waals surface area contributed by atoms with Gasteiger partial charge in [-0.05, 0) is 53.1 Å². The highest BCUT2D eigenvalue weighted by Gasteiger charge is 2.12. The number of methoxy groups -OCH3 is 1. The Balaban J connectivity index is 2.73. The summed E-state index contributed by atoms with van der Waals surface area (Å²) < 4.78 is 6.52. The number of benzene rings is 1. The minimum Gasteiger partial charge on any atom is -0.383 e. The summed E-state index contributed by atoms with van der Waals surface area (Å²) in [7, 11) is 1.75. The van der Waals surface area contributed by atoms with E-state index >= 15 is 0 Å². The van der Waals surface area contributed by atoms with Crippen molar-refractivity contribution in [3.63, 3.8) is 0 Å². The first-order chi connectivity index (χ1) is 7.54. The Kier molecular flexibility index (Phi) is 5.55. The van der Waals surface area contributed by atoms with Crippen LogP contribution in [-0.4, -0.2) is 19.8 Å². The summed E-state index contributed by atoms with van der Waals surface area (Å²) in [6, 6.07) is 6.82. The number of ether oxygens (including phenoxy) is 1. The van der Waals surface area contributed by atoms with Crippen LogP contribution < -0.4 is 5.32 Å². The lowest BCUT2D eigenvalue weighted by molar-refractivity contribution is 0.171. The maximum Gasteiger partial charge on any atom is 0.0666 e. The van der Waals surface area contributed by atoms with Gasteiger partial charge in [0, 0.05) is 16.4 Å². The van der Waals surface area contributed by atoms with E-state index in [-0.39, 0.29) is 0 Å². The molecule has 0 aliphatic heterocycles. The summed E-state index contributed by atoms with van der Waals surface area (Å²) in [6.07, 6.45) is 0. The van der Waals surface area contributed by atoms with Gasteiger partial charge in [-0.25, -0.2) is 0 Å². The molecule has 0 radical (unpaired) electrons. The number of rotatable bonds is 5. The van der Waals surface area contributed by atoms with E-state index in [1.165, 1.54) is 14.8 Å². The van der Waals surface area contributed by atoms with E-state index in [0.29, 0.717) is 12.0 Å². The quantitative estimate of drug-likeness (QED) is 0.830. The molecular weight excluding hydrogens is 313 g/mol. The zero-order valence-corrected chi connectivity index (χ0v) is 12.5. The highest BCUT2D eigenvalue weighted by atomic mass is 127. The first-order valence-corrected chi connectivity index (χ1v) is 6.64. The van der Waals surface area contributed by atoms with Crippen molar-refractivity contribution in [2.24, 2.45) is 5.92 Å². The average molecular weight is 333 g/mol. The van der Waals surface area contributed by atoms with E-state index in [0.717, 1.165) is 6.61 Å². The minimum atomic E-state index is 0.364. The highest BCUT2D eigenvalue weighted by Crippen LogP contribution is 2.19. The number of hydrogen-bond acceptors (Lipinski definition) is 2. The molecule has 0 aromatic heterocycles. The number of hydrogen-bond donors (Lipinski definition) is 1. The first kappa shape index (κ1) is 13.8. The lowest BCUT2D eigenvalue weighted by Crippen LogP contribution is -2.30. The summed E-state index contributed by atoms with van der Waals surface area (Å²) in [5.41, 5.74) is 2.49. The van der Waals surface area contributed by atoms with Crippen LogP contribution >= 0.6 is 22.6 Å². The Morgan fingerprint density at radius 2 is 2.06 bits per heavy atom. The molecule has 90 valence electrons. The highest BCUT2D eigenvalue weighted by molar-refractivity contribution is 14.1. The van der Waals surface area contributed by atoms with Gasteiger partial charge in [-0.1, -0.05) is 19.9 Å². The minimum absolute atomic E-state index is 0.364. The largest absolute Gasteiger partial charge is 0.383 e. The van der Waals surface area contributed by atoms with Crippen molar-refractivity contribution in [2.75, 3.05) is 19.0 Å². The molecule has 0 bridgehead atoms. The fourth-order valence-corrected chi connectivity index (χ4v) is 1.99. The van der Waals surface area contributed by atoms with Crippen molar-refractivity contribution in [2.45, 2.75) is 26.8 Å². The van der Waals surface area contributed by atoms with Crippen molar-refractivity contribution in [1.29, 1.82) is 0 Å². The van der Waals surface area contributed by atoms with Gasteiger partial charge in [0.15, 0.2) is 0 Å². The van der Waals surface area contributed by atoms with Crippen LogP contribution in [0.3, 0.4) is 0 Å². The van der Waals surface area contributed by atoms with Gasteiger partial charge in [0.05, 0.1) is 12.6 Å². The Hall–Kier alpha value is -0.290. The molecule has 0 fully saturated rings. The van der Waals surface area contributed by atoms with Crippen LogP contribution in [0.1, 0.15) is 19.4 Å². The molecule has 16 heavy (non-hydrogen) atoms. The maximum absolute atomic E-state index is 5.23. The van der Waals surface area contributed by atoms with Crippen LogP contribution in [0.2, 0.25) is 0 Å². The van der Waals surface area contributed by atoms with E-state index in [1.807, 2.05) is 0 Å². The molecule has 0 saturated heterocycles. The van der Waals surface area contributed by atoms with Crippen LogP contribution in [0.25, 0.3) is 0 Å². The third-order valence-corrected chi connectivity index (χ3v) is 3.84. The number of halogens is 1. The molecule has 0 spiro atoms. The lowest BCUT2D eigenvalue weighted by Gasteiger charge is -2.23. The molecule has 1 rings (SSSR count). The van der Waals surface area contributed by atoms with Crippen LogP contribution in [0.4, 0.5) is 5.69 Å². The number of nitrogens with one attached hydrogen (secondary N) is 1. The molecule has 0 heterocycles. The van der Waals surface area contributed by atoms with E-state index in [2.05, 4.69) is 66.9 Å². The molecule has 0 saturated carbocycles. The third-order valence-electron chi connectivity index (χ3n) is 2.67. The molecule has 2 nitrogen and oxygen atoms in total. The summed E-state index contributed by atoms with van der Waals surface area (Å²) in [5.74, 6) is 0.555.